The molecule has 1 amide bonds. The second-order valence-electron chi connectivity index (χ2n) is 5.64. The van der Waals surface area contributed by atoms with Crippen LogP contribution in [0.2, 0.25) is 0 Å². The standard InChI is InChI=1S/C18H19N5O4/c1-11-9-13(23(2)22-11)17-20-21-18(27-17)19-16(24)8-6-12-5-7-14(25-3)15(10-12)26-4/h5-10H,1-4H3,(H,19,21,24). The molecule has 27 heavy (non-hydrogen) atoms. The third kappa shape index (κ3) is 4.14. The van der Waals surface area contributed by atoms with Gasteiger partial charge in [0.25, 0.3) is 11.8 Å². The third-order valence-electron chi connectivity index (χ3n) is 3.71. The molecule has 3 aromatic rings. The van der Waals surface area contributed by atoms with Crippen LogP contribution < -0.4 is 14.8 Å². The van der Waals surface area contributed by atoms with Crippen molar-refractivity contribution in [1.29, 1.82) is 0 Å². The van der Waals surface area contributed by atoms with Crippen LogP contribution in [0, 0.1) is 6.92 Å². The van der Waals surface area contributed by atoms with Crippen LogP contribution in [0.4, 0.5) is 6.01 Å². The molecule has 0 bridgehead atoms. The van der Waals surface area contributed by atoms with Crippen molar-refractivity contribution in [3.63, 3.8) is 0 Å². The monoisotopic (exact) mass is 369 g/mol. The Bertz CT molecular complexity index is 990. The second-order valence-corrected chi connectivity index (χ2v) is 5.64. The normalized spacial score (nSPS) is 11.0. The number of rotatable bonds is 6. The molecule has 0 spiro atoms. The van der Waals surface area contributed by atoms with Crippen molar-refractivity contribution < 1.29 is 18.7 Å². The Hall–Kier alpha value is -3.62. The van der Waals surface area contributed by atoms with Gasteiger partial charge in [0.05, 0.1) is 19.9 Å². The van der Waals surface area contributed by atoms with Gasteiger partial charge in [-0.1, -0.05) is 11.2 Å². The first-order chi connectivity index (χ1) is 13.0. The molecular formula is C18H19N5O4. The predicted octanol–water partition coefficient (Wildman–Crippen LogP) is 2.45. The summed E-state index contributed by atoms with van der Waals surface area (Å²) in [7, 11) is 4.89. The molecule has 1 aromatic carbocycles. The summed E-state index contributed by atoms with van der Waals surface area (Å²) in [4.78, 5) is 12.1. The number of nitrogens with zero attached hydrogens (tertiary/aromatic N) is 4. The molecule has 0 aliphatic heterocycles. The molecule has 0 atom stereocenters. The van der Waals surface area contributed by atoms with Gasteiger partial charge in [-0.15, -0.1) is 5.10 Å². The number of carbonyl (C=O) groups is 1. The SMILES string of the molecule is COc1ccc(C=CC(=O)Nc2nnc(-c3cc(C)nn3C)o2)cc1OC. The van der Waals surface area contributed by atoms with Crippen LogP contribution in [-0.4, -0.2) is 40.1 Å². The number of anilines is 1. The topological polar surface area (TPSA) is 104 Å². The average Bonchev–Trinajstić information content (AvgIpc) is 3.25. The number of methoxy groups -OCH3 is 2. The van der Waals surface area contributed by atoms with E-state index in [9.17, 15) is 4.79 Å². The highest BCUT2D eigenvalue weighted by atomic mass is 16.5. The molecule has 0 aliphatic rings. The Morgan fingerprint density at radius 2 is 1.96 bits per heavy atom. The van der Waals surface area contributed by atoms with E-state index in [1.54, 1.807) is 50.2 Å². The highest BCUT2D eigenvalue weighted by Gasteiger charge is 2.14. The Balaban J connectivity index is 1.68. The number of hydrogen-bond acceptors (Lipinski definition) is 7. The fourth-order valence-electron chi connectivity index (χ4n) is 2.46. The molecule has 0 aliphatic carbocycles. The van der Waals surface area contributed by atoms with Gasteiger partial charge < -0.3 is 13.9 Å². The van der Waals surface area contributed by atoms with Crippen LogP contribution in [0.5, 0.6) is 11.5 Å². The van der Waals surface area contributed by atoms with E-state index in [2.05, 4.69) is 20.6 Å². The summed E-state index contributed by atoms with van der Waals surface area (Å²) in [6.07, 6.45) is 3.00. The van der Waals surface area contributed by atoms with E-state index in [-0.39, 0.29) is 11.9 Å². The van der Waals surface area contributed by atoms with E-state index in [0.717, 1.165) is 11.3 Å². The van der Waals surface area contributed by atoms with Gasteiger partial charge in [-0.25, -0.2) is 0 Å². The van der Waals surface area contributed by atoms with Crippen LogP contribution in [0.25, 0.3) is 17.7 Å². The molecular weight excluding hydrogens is 350 g/mol. The zero-order chi connectivity index (χ0) is 19.4. The maximum absolute atomic E-state index is 12.1. The zero-order valence-corrected chi connectivity index (χ0v) is 15.4. The van der Waals surface area contributed by atoms with E-state index < -0.39 is 5.91 Å². The molecule has 140 valence electrons. The minimum absolute atomic E-state index is 0.00538. The van der Waals surface area contributed by atoms with E-state index in [0.29, 0.717) is 17.2 Å². The largest absolute Gasteiger partial charge is 0.493 e. The lowest BCUT2D eigenvalue weighted by atomic mass is 10.2. The Labute approximate surface area is 155 Å². The van der Waals surface area contributed by atoms with Crippen molar-refractivity contribution >= 4 is 18.0 Å². The summed E-state index contributed by atoms with van der Waals surface area (Å²) in [6.45, 7) is 1.86. The Morgan fingerprint density at radius 3 is 2.63 bits per heavy atom. The van der Waals surface area contributed by atoms with Crippen LogP contribution in [0.3, 0.4) is 0 Å². The van der Waals surface area contributed by atoms with Gasteiger partial charge in [0, 0.05) is 13.1 Å². The lowest BCUT2D eigenvalue weighted by Gasteiger charge is -2.07. The number of aromatic nitrogens is 4. The van der Waals surface area contributed by atoms with Crippen molar-refractivity contribution in [2.75, 3.05) is 19.5 Å². The Kier molecular flexibility index (Phi) is 5.20. The Morgan fingerprint density at radius 1 is 1.19 bits per heavy atom. The number of carbonyl (C=O) groups excluding carboxylic acids is 1. The average molecular weight is 369 g/mol. The summed E-state index contributed by atoms with van der Waals surface area (Å²) in [5.74, 6) is 1.06. The quantitative estimate of drug-likeness (QED) is 0.666. The molecule has 0 radical (unpaired) electrons. The summed E-state index contributed by atoms with van der Waals surface area (Å²) < 4.78 is 17.5. The summed E-state index contributed by atoms with van der Waals surface area (Å²) >= 11 is 0. The molecule has 2 heterocycles. The lowest BCUT2D eigenvalue weighted by molar-refractivity contribution is -0.112. The molecule has 9 nitrogen and oxygen atoms in total. The van der Waals surface area contributed by atoms with Gasteiger partial charge >= 0.3 is 6.01 Å². The fourth-order valence-corrected chi connectivity index (χ4v) is 2.46. The van der Waals surface area contributed by atoms with Crippen molar-refractivity contribution in [2.45, 2.75) is 6.92 Å². The van der Waals surface area contributed by atoms with Crippen LogP contribution >= 0.6 is 0 Å². The highest BCUT2D eigenvalue weighted by molar-refractivity contribution is 6.00. The number of nitrogens with one attached hydrogen (secondary N) is 1. The van der Waals surface area contributed by atoms with Gasteiger partial charge in [-0.2, -0.15) is 5.10 Å². The van der Waals surface area contributed by atoms with Crippen LogP contribution in [0.15, 0.2) is 34.8 Å². The second kappa shape index (κ2) is 7.73. The van der Waals surface area contributed by atoms with Crippen molar-refractivity contribution in [3.8, 4) is 23.1 Å². The first kappa shape index (κ1) is 18.2. The molecule has 2 aromatic heterocycles. The minimum Gasteiger partial charge on any atom is -0.493 e. The van der Waals surface area contributed by atoms with Gasteiger partial charge in [-0.3, -0.25) is 14.8 Å². The summed E-state index contributed by atoms with van der Waals surface area (Å²) in [5, 5.41) is 14.5. The predicted molar refractivity (Wildman–Crippen MR) is 98.4 cm³/mol. The molecule has 0 saturated carbocycles. The molecule has 1 N–H and O–H groups in total. The van der Waals surface area contributed by atoms with Gasteiger partial charge in [0.2, 0.25) is 0 Å². The van der Waals surface area contributed by atoms with E-state index >= 15 is 0 Å². The number of aryl methyl sites for hydroxylation is 2. The van der Waals surface area contributed by atoms with Gasteiger partial charge in [-0.05, 0) is 36.8 Å². The molecule has 0 unspecified atom stereocenters. The first-order valence-electron chi connectivity index (χ1n) is 8.05. The highest BCUT2D eigenvalue weighted by Crippen LogP contribution is 2.28. The van der Waals surface area contributed by atoms with E-state index in [4.69, 9.17) is 13.9 Å². The van der Waals surface area contributed by atoms with Crippen molar-refractivity contribution in [3.05, 3.63) is 41.6 Å². The molecule has 9 heteroatoms. The summed E-state index contributed by atoms with van der Waals surface area (Å²) in [5.41, 5.74) is 2.27. The van der Waals surface area contributed by atoms with E-state index in [1.807, 2.05) is 13.0 Å². The molecule has 0 saturated heterocycles. The van der Waals surface area contributed by atoms with Crippen LogP contribution in [0.1, 0.15) is 11.3 Å². The maximum atomic E-state index is 12.1. The summed E-state index contributed by atoms with van der Waals surface area (Å²) in [6, 6.07) is 7.15. The minimum atomic E-state index is -0.402. The smallest absolute Gasteiger partial charge is 0.322 e. The fraction of sp³-hybridized carbons (Fsp3) is 0.222. The third-order valence-corrected chi connectivity index (χ3v) is 3.71. The lowest BCUT2D eigenvalue weighted by Crippen LogP contribution is -2.07. The zero-order valence-electron chi connectivity index (χ0n) is 15.4. The van der Waals surface area contributed by atoms with Crippen molar-refractivity contribution in [2.24, 2.45) is 7.05 Å². The van der Waals surface area contributed by atoms with Gasteiger partial charge in [0.15, 0.2) is 11.5 Å². The number of amides is 1. The van der Waals surface area contributed by atoms with Crippen LogP contribution in [-0.2, 0) is 11.8 Å². The maximum Gasteiger partial charge on any atom is 0.322 e. The first-order valence-corrected chi connectivity index (χ1v) is 8.05. The molecule has 0 fully saturated rings. The van der Waals surface area contributed by atoms with Crippen molar-refractivity contribution in [1.82, 2.24) is 20.0 Å². The van der Waals surface area contributed by atoms with Gasteiger partial charge in [0.1, 0.15) is 5.69 Å². The number of hydrogen-bond donors (Lipinski definition) is 1. The molecule has 3 rings (SSSR count). The number of ether oxygens (including phenoxy) is 2. The van der Waals surface area contributed by atoms with E-state index in [1.165, 1.54) is 6.08 Å². The number of benzene rings is 1.